The van der Waals surface area contributed by atoms with E-state index in [1.54, 1.807) is 13.8 Å². The Hall–Kier alpha value is -1.53. The van der Waals surface area contributed by atoms with Gasteiger partial charge in [0.15, 0.2) is 0 Å². The Bertz CT molecular complexity index is 393. The van der Waals surface area contributed by atoms with E-state index in [9.17, 15) is 13.2 Å². The van der Waals surface area contributed by atoms with Crippen LogP contribution in [0.25, 0.3) is 0 Å². The van der Waals surface area contributed by atoms with E-state index in [1.807, 2.05) is 0 Å². The molecule has 0 unspecified atom stereocenters. The molecule has 0 amide bonds. The second kappa shape index (κ2) is 5.20. The molecule has 0 aliphatic rings. The molecule has 0 aromatic carbocycles. The molecule has 0 radical (unpaired) electrons. The third-order valence-electron chi connectivity index (χ3n) is 2.09. The molecule has 1 aromatic rings. The molecule has 1 rings (SSSR count). The van der Waals surface area contributed by atoms with Gasteiger partial charge in [0.1, 0.15) is 11.6 Å². The first-order valence-electron chi connectivity index (χ1n) is 5.10. The van der Waals surface area contributed by atoms with E-state index in [2.05, 4.69) is 9.97 Å². The van der Waals surface area contributed by atoms with Crippen LogP contribution in [0.3, 0.4) is 0 Å². The molecule has 7 heteroatoms. The second-order valence-electron chi connectivity index (χ2n) is 3.65. The Kier molecular flexibility index (Phi) is 4.14. The van der Waals surface area contributed by atoms with Crippen LogP contribution in [0.15, 0.2) is 0 Å². The maximum atomic E-state index is 11.9. The zero-order valence-electron chi connectivity index (χ0n) is 9.64. The van der Waals surface area contributed by atoms with Gasteiger partial charge in [0.2, 0.25) is 5.88 Å². The number of rotatable bonds is 4. The van der Waals surface area contributed by atoms with Crippen LogP contribution in [-0.2, 0) is 0 Å². The van der Waals surface area contributed by atoms with E-state index in [1.165, 1.54) is 0 Å². The van der Waals surface area contributed by atoms with Gasteiger partial charge in [-0.25, -0.2) is 4.98 Å². The minimum Gasteiger partial charge on any atom is -0.477 e. The number of alkyl halides is 3. The molecule has 17 heavy (non-hydrogen) atoms. The summed E-state index contributed by atoms with van der Waals surface area (Å²) < 4.78 is 40.8. The van der Waals surface area contributed by atoms with Crippen LogP contribution in [-0.4, -0.2) is 22.8 Å². The number of halogens is 3. The highest BCUT2D eigenvalue weighted by atomic mass is 19.4. The van der Waals surface area contributed by atoms with Crippen LogP contribution >= 0.6 is 0 Å². The quantitative estimate of drug-likeness (QED) is 0.832. The molecule has 1 heterocycles. The summed E-state index contributed by atoms with van der Waals surface area (Å²) >= 11 is 0. The lowest BCUT2D eigenvalue weighted by atomic mass is 10.3. The number of hydrogen-bond acceptors (Lipinski definition) is 4. The van der Waals surface area contributed by atoms with E-state index in [-0.39, 0.29) is 24.7 Å². The van der Waals surface area contributed by atoms with Crippen LogP contribution < -0.4 is 10.5 Å². The lowest BCUT2D eigenvalue weighted by molar-refractivity contribution is -0.136. The average Bonchev–Trinajstić information content (AvgIpc) is 2.18. The highest BCUT2D eigenvalue weighted by molar-refractivity contribution is 5.44. The number of nitrogens with zero attached hydrogens (tertiary/aromatic N) is 2. The second-order valence-corrected chi connectivity index (χ2v) is 3.65. The fourth-order valence-electron chi connectivity index (χ4n) is 1.21. The monoisotopic (exact) mass is 249 g/mol. The van der Waals surface area contributed by atoms with Gasteiger partial charge in [0.25, 0.3) is 0 Å². The van der Waals surface area contributed by atoms with E-state index < -0.39 is 12.6 Å². The molecule has 96 valence electrons. The first-order valence-corrected chi connectivity index (χ1v) is 5.10. The lowest BCUT2D eigenvalue weighted by Gasteiger charge is -2.10. The molecular weight excluding hydrogens is 235 g/mol. The highest BCUT2D eigenvalue weighted by Gasteiger charge is 2.26. The summed E-state index contributed by atoms with van der Waals surface area (Å²) in [6.45, 7) is 3.25. The van der Waals surface area contributed by atoms with Crippen LogP contribution in [0.2, 0.25) is 0 Å². The molecule has 2 N–H and O–H groups in total. The molecule has 0 aliphatic heterocycles. The van der Waals surface area contributed by atoms with Gasteiger partial charge < -0.3 is 10.5 Å². The summed E-state index contributed by atoms with van der Waals surface area (Å²) in [5.74, 6) is 0.958. The molecular formula is C10H14F3N3O. The van der Waals surface area contributed by atoms with Gasteiger partial charge in [-0.15, -0.1) is 0 Å². The Morgan fingerprint density at radius 2 is 1.88 bits per heavy atom. The molecule has 0 atom stereocenters. The number of aromatic nitrogens is 2. The molecule has 0 fully saturated rings. The minimum absolute atomic E-state index is 0.0454. The number of nitrogen functional groups attached to an aromatic ring is 1. The molecule has 0 bridgehead atoms. The largest absolute Gasteiger partial charge is 0.477 e. The summed E-state index contributed by atoms with van der Waals surface area (Å²) in [6, 6.07) is 0. The van der Waals surface area contributed by atoms with Gasteiger partial charge in [0, 0.05) is 6.42 Å². The van der Waals surface area contributed by atoms with E-state index in [0.29, 0.717) is 11.4 Å². The van der Waals surface area contributed by atoms with E-state index in [0.717, 1.165) is 0 Å². The van der Waals surface area contributed by atoms with Gasteiger partial charge in [-0.1, -0.05) is 0 Å². The van der Waals surface area contributed by atoms with Gasteiger partial charge in [-0.3, -0.25) is 0 Å². The fraction of sp³-hybridized carbons (Fsp3) is 0.600. The summed E-state index contributed by atoms with van der Waals surface area (Å²) in [5, 5.41) is 0. The molecule has 0 spiro atoms. The number of hydrogen-bond donors (Lipinski definition) is 1. The molecule has 1 aromatic heterocycles. The molecule has 0 aliphatic carbocycles. The SMILES string of the molecule is Cc1nc(N)c(C)c(OCCCC(F)(F)F)n1. The van der Waals surface area contributed by atoms with E-state index in [4.69, 9.17) is 10.5 Å². The van der Waals surface area contributed by atoms with Crippen LogP contribution in [0, 0.1) is 13.8 Å². The van der Waals surface area contributed by atoms with Crippen molar-refractivity contribution in [3.05, 3.63) is 11.4 Å². The van der Waals surface area contributed by atoms with Crippen LogP contribution in [0.5, 0.6) is 5.88 Å². The first-order chi connectivity index (χ1) is 7.79. The summed E-state index contributed by atoms with van der Waals surface area (Å²) in [5.41, 5.74) is 6.13. The van der Waals surface area contributed by atoms with Crippen molar-refractivity contribution in [2.24, 2.45) is 0 Å². The van der Waals surface area contributed by atoms with Gasteiger partial charge in [-0.05, 0) is 20.3 Å². The molecule has 0 saturated heterocycles. The topological polar surface area (TPSA) is 61.0 Å². The van der Waals surface area contributed by atoms with Crippen molar-refractivity contribution in [3.63, 3.8) is 0 Å². The maximum absolute atomic E-state index is 11.9. The summed E-state index contributed by atoms with van der Waals surface area (Å²) in [7, 11) is 0. The fourth-order valence-corrected chi connectivity index (χ4v) is 1.21. The maximum Gasteiger partial charge on any atom is 0.389 e. The summed E-state index contributed by atoms with van der Waals surface area (Å²) in [4.78, 5) is 7.88. The van der Waals surface area contributed by atoms with Crippen molar-refractivity contribution in [2.45, 2.75) is 32.9 Å². The van der Waals surface area contributed by atoms with Crippen LogP contribution in [0.1, 0.15) is 24.2 Å². The van der Waals surface area contributed by atoms with Crippen molar-refractivity contribution in [1.82, 2.24) is 9.97 Å². The third kappa shape index (κ3) is 4.46. The Morgan fingerprint density at radius 3 is 2.47 bits per heavy atom. The Labute approximate surface area is 97.0 Å². The smallest absolute Gasteiger partial charge is 0.389 e. The number of aryl methyl sites for hydroxylation is 1. The van der Waals surface area contributed by atoms with Gasteiger partial charge >= 0.3 is 6.18 Å². The Balaban J connectivity index is 2.52. The van der Waals surface area contributed by atoms with Crippen molar-refractivity contribution in [3.8, 4) is 5.88 Å². The Morgan fingerprint density at radius 1 is 1.24 bits per heavy atom. The predicted octanol–water partition coefficient (Wildman–Crippen LogP) is 2.40. The first kappa shape index (κ1) is 13.5. The normalized spacial score (nSPS) is 11.6. The number of anilines is 1. The highest BCUT2D eigenvalue weighted by Crippen LogP contribution is 2.23. The van der Waals surface area contributed by atoms with Crippen molar-refractivity contribution in [1.29, 1.82) is 0 Å². The van der Waals surface area contributed by atoms with E-state index >= 15 is 0 Å². The lowest BCUT2D eigenvalue weighted by Crippen LogP contribution is -2.11. The average molecular weight is 249 g/mol. The van der Waals surface area contributed by atoms with Crippen molar-refractivity contribution in [2.75, 3.05) is 12.3 Å². The zero-order chi connectivity index (χ0) is 13.1. The third-order valence-corrected chi connectivity index (χ3v) is 2.09. The van der Waals surface area contributed by atoms with Crippen molar-refractivity contribution < 1.29 is 17.9 Å². The number of nitrogens with two attached hydrogens (primary N) is 1. The zero-order valence-corrected chi connectivity index (χ0v) is 9.64. The minimum atomic E-state index is -4.15. The summed E-state index contributed by atoms with van der Waals surface area (Å²) in [6.07, 6.45) is -5.13. The van der Waals surface area contributed by atoms with Crippen molar-refractivity contribution >= 4 is 5.82 Å². The van der Waals surface area contributed by atoms with Gasteiger partial charge in [0.05, 0.1) is 12.2 Å². The standard InChI is InChI=1S/C10H14F3N3O/c1-6-8(14)15-7(2)16-9(6)17-5-3-4-10(11,12)13/h3-5H2,1-2H3,(H2,14,15,16). The molecule has 0 saturated carbocycles. The predicted molar refractivity (Wildman–Crippen MR) is 56.7 cm³/mol. The number of ether oxygens (including phenoxy) is 1. The molecule has 4 nitrogen and oxygen atoms in total. The van der Waals surface area contributed by atoms with Gasteiger partial charge in [-0.2, -0.15) is 18.2 Å². The van der Waals surface area contributed by atoms with Crippen LogP contribution in [0.4, 0.5) is 19.0 Å².